The smallest absolute Gasteiger partial charge is 0.135 e. The van der Waals surface area contributed by atoms with Crippen LogP contribution in [0.1, 0.15) is 25.0 Å². The van der Waals surface area contributed by atoms with Crippen molar-refractivity contribution in [2.75, 3.05) is 0 Å². The van der Waals surface area contributed by atoms with Crippen LogP contribution in [-0.2, 0) is 5.41 Å². The molecule has 2 heterocycles. The Kier molecular flexibility index (Phi) is 3.25. The monoisotopic (exact) mass is 376 g/mol. The van der Waals surface area contributed by atoms with Crippen LogP contribution in [0.15, 0.2) is 89.3 Å². The molecule has 0 N–H and O–H groups in total. The van der Waals surface area contributed by atoms with Gasteiger partial charge in [-0.1, -0.05) is 62.4 Å². The van der Waals surface area contributed by atoms with Gasteiger partial charge in [0.1, 0.15) is 22.7 Å². The molecule has 2 heteroatoms. The van der Waals surface area contributed by atoms with E-state index in [0.29, 0.717) is 0 Å². The number of benzene rings is 4. The molecule has 0 atom stereocenters. The summed E-state index contributed by atoms with van der Waals surface area (Å²) < 4.78 is 12.2. The Morgan fingerprint density at radius 1 is 0.586 bits per heavy atom. The van der Waals surface area contributed by atoms with E-state index in [1.54, 1.807) is 0 Å². The highest BCUT2D eigenvalue weighted by atomic mass is 16.5. The summed E-state index contributed by atoms with van der Waals surface area (Å²) in [6, 6.07) is 29.5. The van der Waals surface area contributed by atoms with Crippen molar-refractivity contribution in [2.24, 2.45) is 0 Å². The first kappa shape index (κ1) is 16.4. The second kappa shape index (κ2) is 5.74. The second-order valence-electron chi connectivity index (χ2n) is 8.24. The molecular formula is C27H20O2. The van der Waals surface area contributed by atoms with Crippen LogP contribution in [0.4, 0.5) is 0 Å². The van der Waals surface area contributed by atoms with Crippen LogP contribution in [0.2, 0.25) is 0 Å². The lowest BCUT2D eigenvalue weighted by molar-refractivity contribution is 0.418. The standard InChI is InChI=1S/C27H20O2/c1-27(2)21-8-4-6-10-25(21)29-26-14-12-18(16-22(26)27)17-11-13-24-20(15-17)19-7-3-5-9-23(19)28-24/h3-16H,1-2H3. The molecule has 2 nitrogen and oxygen atoms in total. The molecule has 29 heavy (non-hydrogen) atoms. The lowest BCUT2D eigenvalue weighted by Crippen LogP contribution is -2.24. The van der Waals surface area contributed by atoms with Crippen molar-refractivity contribution in [1.29, 1.82) is 0 Å². The summed E-state index contributed by atoms with van der Waals surface area (Å²) in [6.45, 7) is 4.54. The Bertz CT molecular complexity index is 1410. The topological polar surface area (TPSA) is 22.4 Å². The minimum absolute atomic E-state index is 0.118. The number of furan rings is 1. The van der Waals surface area contributed by atoms with Crippen molar-refractivity contribution in [3.63, 3.8) is 0 Å². The van der Waals surface area contributed by atoms with Gasteiger partial charge in [-0.05, 0) is 47.5 Å². The summed E-state index contributed by atoms with van der Waals surface area (Å²) in [6.07, 6.45) is 0. The van der Waals surface area contributed by atoms with E-state index in [1.165, 1.54) is 22.3 Å². The van der Waals surface area contributed by atoms with Crippen molar-refractivity contribution in [3.8, 4) is 22.6 Å². The fraction of sp³-hybridized carbons (Fsp3) is 0.111. The molecule has 0 aliphatic carbocycles. The maximum Gasteiger partial charge on any atom is 0.135 e. The summed E-state index contributed by atoms with van der Waals surface area (Å²) in [5.41, 5.74) is 6.54. The van der Waals surface area contributed by atoms with Gasteiger partial charge in [-0.15, -0.1) is 0 Å². The molecule has 0 bridgehead atoms. The molecule has 0 saturated heterocycles. The molecule has 1 aliphatic rings. The van der Waals surface area contributed by atoms with Crippen molar-refractivity contribution in [2.45, 2.75) is 19.3 Å². The van der Waals surface area contributed by atoms with Crippen LogP contribution >= 0.6 is 0 Å². The first-order chi connectivity index (χ1) is 14.1. The zero-order valence-corrected chi connectivity index (χ0v) is 16.4. The molecule has 0 fully saturated rings. The van der Waals surface area contributed by atoms with E-state index < -0.39 is 0 Å². The zero-order chi connectivity index (χ0) is 19.6. The highest BCUT2D eigenvalue weighted by Gasteiger charge is 2.34. The molecule has 0 amide bonds. The minimum atomic E-state index is -0.118. The van der Waals surface area contributed by atoms with Gasteiger partial charge in [0, 0.05) is 27.3 Å². The van der Waals surface area contributed by atoms with Crippen LogP contribution in [0.3, 0.4) is 0 Å². The molecule has 6 rings (SSSR count). The Balaban J connectivity index is 1.52. The fourth-order valence-electron chi connectivity index (χ4n) is 4.53. The van der Waals surface area contributed by atoms with Gasteiger partial charge in [-0.25, -0.2) is 0 Å². The van der Waals surface area contributed by atoms with Gasteiger partial charge in [0.05, 0.1) is 0 Å². The molecule has 5 aromatic rings. The average molecular weight is 376 g/mol. The van der Waals surface area contributed by atoms with Gasteiger partial charge in [-0.3, -0.25) is 0 Å². The SMILES string of the molecule is CC1(C)c2ccccc2Oc2ccc(-c3ccc4oc5ccccc5c4c3)cc21. The van der Waals surface area contributed by atoms with E-state index in [0.717, 1.165) is 33.4 Å². The number of ether oxygens (including phenoxy) is 1. The fourth-order valence-corrected chi connectivity index (χ4v) is 4.53. The summed E-state index contributed by atoms with van der Waals surface area (Å²) in [4.78, 5) is 0. The van der Waals surface area contributed by atoms with Gasteiger partial charge in [0.2, 0.25) is 0 Å². The van der Waals surface area contributed by atoms with Gasteiger partial charge in [-0.2, -0.15) is 0 Å². The molecular weight excluding hydrogens is 356 g/mol. The van der Waals surface area contributed by atoms with Gasteiger partial charge in [0.25, 0.3) is 0 Å². The van der Waals surface area contributed by atoms with Gasteiger partial charge < -0.3 is 9.15 Å². The van der Waals surface area contributed by atoms with E-state index >= 15 is 0 Å². The first-order valence-corrected chi connectivity index (χ1v) is 9.95. The Morgan fingerprint density at radius 3 is 2.21 bits per heavy atom. The lowest BCUT2D eigenvalue weighted by Gasteiger charge is -2.34. The van der Waals surface area contributed by atoms with Gasteiger partial charge in [0.15, 0.2) is 0 Å². The summed E-state index contributed by atoms with van der Waals surface area (Å²) in [5.74, 6) is 1.89. The van der Waals surface area contributed by atoms with Crippen LogP contribution in [0, 0.1) is 0 Å². The molecule has 4 aromatic carbocycles. The van der Waals surface area contributed by atoms with Crippen molar-refractivity contribution in [1.82, 2.24) is 0 Å². The van der Waals surface area contributed by atoms with Crippen molar-refractivity contribution < 1.29 is 9.15 Å². The third kappa shape index (κ3) is 2.35. The number of rotatable bonds is 1. The third-order valence-corrected chi connectivity index (χ3v) is 6.14. The zero-order valence-electron chi connectivity index (χ0n) is 16.4. The molecule has 1 aliphatic heterocycles. The van der Waals surface area contributed by atoms with E-state index in [9.17, 15) is 0 Å². The summed E-state index contributed by atoms with van der Waals surface area (Å²) >= 11 is 0. The van der Waals surface area contributed by atoms with Crippen LogP contribution < -0.4 is 4.74 Å². The Morgan fingerprint density at radius 2 is 1.28 bits per heavy atom. The van der Waals surface area contributed by atoms with E-state index in [-0.39, 0.29) is 5.41 Å². The predicted molar refractivity (Wildman–Crippen MR) is 118 cm³/mol. The highest BCUT2D eigenvalue weighted by Crippen LogP contribution is 2.48. The highest BCUT2D eigenvalue weighted by molar-refractivity contribution is 6.06. The second-order valence-corrected chi connectivity index (χ2v) is 8.24. The summed E-state index contributed by atoms with van der Waals surface area (Å²) in [7, 11) is 0. The molecule has 0 spiro atoms. The normalized spacial score (nSPS) is 14.4. The van der Waals surface area contributed by atoms with Crippen LogP contribution in [-0.4, -0.2) is 0 Å². The number of fused-ring (bicyclic) bond motifs is 5. The maximum atomic E-state index is 6.20. The van der Waals surface area contributed by atoms with Crippen LogP contribution in [0.25, 0.3) is 33.1 Å². The van der Waals surface area contributed by atoms with E-state index in [4.69, 9.17) is 9.15 Å². The minimum Gasteiger partial charge on any atom is -0.457 e. The first-order valence-electron chi connectivity index (χ1n) is 9.95. The molecule has 0 saturated carbocycles. The van der Waals surface area contributed by atoms with Crippen molar-refractivity contribution >= 4 is 21.9 Å². The van der Waals surface area contributed by atoms with Crippen molar-refractivity contribution in [3.05, 3.63) is 96.1 Å². The summed E-state index contributed by atoms with van der Waals surface area (Å²) in [5, 5.41) is 2.30. The Hall–Kier alpha value is -3.52. The van der Waals surface area contributed by atoms with Crippen LogP contribution in [0.5, 0.6) is 11.5 Å². The molecule has 1 aromatic heterocycles. The average Bonchev–Trinajstić information content (AvgIpc) is 3.12. The molecule has 140 valence electrons. The number of hydrogen-bond donors (Lipinski definition) is 0. The van der Waals surface area contributed by atoms with Gasteiger partial charge >= 0.3 is 0 Å². The van der Waals surface area contributed by atoms with E-state index in [2.05, 4.69) is 74.5 Å². The van der Waals surface area contributed by atoms with E-state index in [1.807, 2.05) is 24.3 Å². The largest absolute Gasteiger partial charge is 0.457 e. The third-order valence-electron chi connectivity index (χ3n) is 6.14. The molecule has 0 unspecified atom stereocenters. The quantitative estimate of drug-likeness (QED) is 0.299. The Labute approximate surface area is 169 Å². The molecule has 0 radical (unpaired) electrons. The number of hydrogen-bond acceptors (Lipinski definition) is 2. The lowest BCUT2D eigenvalue weighted by atomic mass is 9.75. The number of para-hydroxylation sites is 2. The maximum absolute atomic E-state index is 6.20. The predicted octanol–water partition coefficient (Wildman–Crippen LogP) is 7.68.